The van der Waals surface area contributed by atoms with E-state index in [-0.39, 0.29) is 17.6 Å². The third-order valence-electron chi connectivity index (χ3n) is 6.79. The van der Waals surface area contributed by atoms with Crippen LogP contribution in [-0.2, 0) is 21.2 Å². The van der Waals surface area contributed by atoms with Gasteiger partial charge >= 0.3 is 0 Å². The van der Waals surface area contributed by atoms with Crippen LogP contribution in [0.4, 0.5) is 5.82 Å². The standard InChI is InChI=1S/C21H32N4O3S/c1-3-29(27,28)24-12-11-17(14-24)20-22-15(2)18-9-10-19(26)25(21(18)23-20)13-16-7-5-4-6-8-16/h16-17H,3-14H2,1-2H3/t17-/m0/s1. The molecular weight excluding hydrogens is 388 g/mol. The van der Waals surface area contributed by atoms with Crippen molar-refractivity contribution in [2.75, 3.05) is 30.3 Å². The Morgan fingerprint density at radius 3 is 2.55 bits per heavy atom. The lowest BCUT2D eigenvalue weighted by molar-refractivity contribution is -0.119. The molecule has 1 amide bonds. The van der Waals surface area contributed by atoms with Crippen LogP contribution in [-0.4, -0.2) is 54.0 Å². The third-order valence-corrected chi connectivity index (χ3v) is 8.64. The maximum Gasteiger partial charge on any atom is 0.228 e. The summed E-state index contributed by atoms with van der Waals surface area (Å²) in [6.45, 7) is 5.38. The van der Waals surface area contributed by atoms with Crippen LogP contribution >= 0.6 is 0 Å². The summed E-state index contributed by atoms with van der Waals surface area (Å²) in [7, 11) is -3.19. The van der Waals surface area contributed by atoms with Crippen molar-refractivity contribution in [3.8, 4) is 0 Å². The number of hydrogen-bond acceptors (Lipinski definition) is 5. The summed E-state index contributed by atoms with van der Waals surface area (Å²) in [5.41, 5.74) is 2.02. The Kier molecular flexibility index (Phi) is 5.93. The van der Waals surface area contributed by atoms with Gasteiger partial charge in [-0.1, -0.05) is 19.3 Å². The Balaban J connectivity index is 1.60. The van der Waals surface area contributed by atoms with Gasteiger partial charge in [-0.2, -0.15) is 0 Å². The number of nitrogens with zero attached hydrogens (tertiary/aromatic N) is 4. The first-order chi connectivity index (χ1) is 13.9. The van der Waals surface area contributed by atoms with E-state index in [2.05, 4.69) is 0 Å². The minimum atomic E-state index is -3.19. The fourth-order valence-corrected chi connectivity index (χ4v) is 6.13. The van der Waals surface area contributed by atoms with Crippen LogP contribution in [0.5, 0.6) is 0 Å². The summed E-state index contributed by atoms with van der Waals surface area (Å²) in [6.07, 6.45) is 8.11. The van der Waals surface area contributed by atoms with Gasteiger partial charge in [-0.25, -0.2) is 22.7 Å². The van der Waals surface area contributed by atoms with E-state index in [1.807, 2.05) is 11.8 Å². The van der Waals surface area contributed by atoms with Crippen molar-refractivity contribution in [1.29, 1.82) is 0 Å². The van der Waals surface area contributed by atoms with Crippen molar-refractivity contribution >= 4 is 21.7 Å². The zero-order chi connectivity index (χ0) is 20.6. The molecule has 160 valence electrons. The highest BCUT2D eigenvalue weighted by Gasteiger charge is 2.35. The minimum absolute atomic E-state index is 0.00566. The summed E-state index contributed by atoms with van der Waals surface area (Å²) in [4.78, 5) is 24.3. The summed E-state index contributed by atoms with van der Waals surface area (Å²) < 4.78 is 26.0. The van der Waals surface area contributed by atoms with Crippen molar-refractivity contribution in [2.45, 2.75) is 71.1 Å². The van der Waals surface area contributed by atoms with Gasteiger partial charge in [0.05, 0.1) is 5.75 Å². The number of hydrogen-bond donors (Lipinski definition) is 0. The topological polar surface area (TPSA) is 83.5 Å². The number of aromatic nitrogens is 2. The molecular formula is C21H32N4O3S. The fraction of sp³-hybridized carbons (Fsp3) is 0.762. The van der Waals surface area contributed by atoms with Crippen molar-refractivity contribution < 1.29 is 13.2 Å². The van der Waals surface area contributed by atoms with Gasteiger partial charge in [0.15, 0.2) is 0 Å². The van der Waals surface area contributed by atoms with Crippen LogP contribution in [0.1, 0.15) is 74.9 Å². The van der Waals surface area contributed by atoms with Crippen LogP contribution in [0.25, 0.3) is 0 Å². The zero-order valence-corrected chi connectivity index (χ0v) is 18.4. The summed E-state index contributed by atoms with van der Waals surface area (Å²) in [5.74, 6) is 2.30. The van der Waals surface area contributed by atoms with E-state index in [0.717, 1.165) is 30.0 Å². The van der Waals surface area contributed by atoms with Gasteiger partial charge in [0.2, 0.25) is 15.9 Å². The molecule has 4 rings (SSSR count). The molecule has 0 radical (unpaired) electrons. The van der Waals surface area contributed by atoms with Crippen LogP contribution in [0.15, 0.2) is 0 Å². The quantitative estimate of drug-likeness (QED) is 0.731. The Morgan fingerprint density at radius 1 is 1.07 bits per heavy atom. The number of amides is 1. The molecule has 2 aliphatic heterocycles. The molecule has 1 saturated heterocycles. The zero-order valence-electron chi connectivity index (χ0n) is 17.6. The minimum Gasteiger partial charge on any atom is -0.296 e. The Hall–Kier alpha value is -1.54. The molecule has 3 aliphatic rings. The molecule has 0 N–H and O–H groups in total. The molecule has 1 saturated carbocycles. The highest BCUT2D eigenvalue weighted by Crippen LogP contribution is 2.34. The van der Waals surface area contributed by atoms with E-state index < -0.39 is 10.0 Å². The maximum absolute atomic E-state index is 12.8. The Morgan fingerprint density at radius 2 is 1.83 bits per heavy atom. The molecule has 29 heavy (non-hydrogen) atoms. The molecule has 8 heteroatoms. The average Bonchev–Trinajstić information content (AvgIpc) is 3.22. The van der Waals surface area contributed by atoms with Gasteiger partial charge in [-0.3, -0.25) is 9.69 Å². The van der Waals surface area contributed by atoms with E-state index in [9.17, 15) is 13.2 Å². The lowest BCUT2D eigenvalue weighted by Gasteiger charge is -2.33. The first kappa shape index (κ1) is 20.7. The molecule has 1 atom stereocenters. The van der Waals surface area contributed by atoms with Crippen LogP contribution in [0.3, 0.4) is 0 Å². The summed E-state index contributed by atoms with van der Waals surface area (Å²) in [5, 5.41) is 0. The van der Waals surface area contributed by atoms with Gasteiger partial charge in [-0.05, 0) is 45.4 Å². The number of carbonyl (C=O) groups excluding carboxylic acids is 1. The SMILES string of the molecule is CCS(=O)(=O)N1CC[C@H](c2nc(C)c3c(n2)N(CC2CCCCC2)C(=O)CC3)C1. The smallest absolute Gasteiger partial charge is 0.228 e. The van der Waals surface area contributed by atoms with Crippen molar-refractivity contribution in [2.24, 2.45) is 5.92 Å². The lowest BCUT2D eigenvalue weighted by atomic mass is 9.88. The fourth-order valence-electron chi connectivity index (χ4n) is 4.98. The van der Waals surface area contributed by atoms with Gasteiger partial charge in [0, 0.05) is 43.2 Å². The van der Waals surface area contributed by atoms with Crippen LogP contribution < -0.4 is 4.90 Å². The van der Waals surface area contributed by atoms with Crippen molar-refractivity contribution in [1.82, 2.24) is 14.3 Å². The van der Waals surface area contributed by atoms with Gasteiger partial charge in [-0.15, -0.1) is 0 Å². The largest absolute Gasteiger partial charge is 0.296 e. The molecule has 7 nitrogen and oxygen atoms in total. The molecule has 1 aliphatic carbocycles. The van der Waals surface area contributed by atoms with E-state index in [0.29, 0.717) is 37.7 Å². The summed E-state index contributed by atoms with van der Waals surface area (Å²) >= 11 is 0. The molecule has 1 aromatic rings. The molecule has 1 aromatic heterocycles. The van der Waals surface area contributed by atoms with Crippen molar-refractivity contribution in [3.05, 3.63) is 17.1 Å². The van der Waals surface area contributed by atoms with Gasteiger partial charge in [0.25, 0.3) is 0 Å². The number of carbonyl (C=O) groups is 1. The molecule has 0 unspecified atom stereocenters. The van der Waals surface area contributed by atoms with E-state index in [1.165, 1.54) is 32.1 Å². The molecule has 2 fully saturated rings. The number of rotatable bonds is 5. The predicted molar refractivity (Wildman–Crippen MR) is 112 cm³/mol. The first-order valence-corrected chi connectivity index (χ1v) is 12.7. The number of anilines is 1. The lowest BCUT2D eigenvalue weighted by Crippen LogP contribution is -2.40. The highest BCUT2D eigenvalue weighted by atomic mass is 32.2. The second kappa shape index (κ2) is 8.30. The maximum atomic E-state index is 12.8. The second-order valence-corrected chi connectivity index (χ2v) is 11.0. The van der Waals surface area contributed by atoms with Gasteiger partial charge < -0.3 is 0 Å². The number of aryl methyl sites for hydroxylation is 1. The van der Waals surface area contributed by atoms with E-state index >= 15 is 0 Å². The third kappa shape index (κ3) is 4.19. The Bertz CT molecular complexity index is 880. The second-order valence-electron chi connectivity index (χ2n) is 8.72. The predicted octanol–water partition coefficient (Wildman–Crippen LogP) is 2.78. The first-order valence-electron chi connectivity index (χ1n) is 11.0. The molecule has 3 heterocycles. The van der Waals surface area contributed by atoms with Crippen LogP contribution in [0, 0.1) is 12.8 Å². The normalized spacial score (nSPS) is 24.1. The highest BCUT2D eigenvalue weighted by molar-refractivity contribution is 7.89. The number of fused-ring (bicyclic) bond motifs is 1. The molecule has 0 bridgehead atoms. The van der Waals surface area contributed by atoms with E-state index in [4.69, 9.17) is 9.97 Å². The van der Waals surface area contributed by atoms with E-state index in [1.54, 1.807) is 11.2 Å². The van der Waals surface area contributed by atoms with Crippen molar-refractivity contribution in [3.63, 3.8) is 0 Å². The number of sulfonamides is 1. The summed E-state index contributed by atoms with van der Waals surface area (Å²) in [6, 6.07) is 0. The van der Waals surface area contributed by atoms with Gasteiger partial charge in [0.1, 0.15) is 11.6 Å². The molecule has 0 aromatic carbocycles. The molecule has 0 spiro atoms. The van der Waals surface area contributed by atoms with Crippen LogP contribution in [0.2, 0.25) is 0 Å². The monoisotopic (exact) mass is 420 g/mol. The average molecular weight is 421 g/mol. The Labute approximate surface area is 173 Å².